The summed E-state index contributed by atoms with van der Waals surface area (Å²) in [6.07, 6.45) is 4.99. The molecule has 0 aliphatic rings. The SMILES string of the molecule is N[C@@H](CS)C(=O)NCC(=O)OCCCCCC[P+](c1ccccc1)(c1ccccc1)c1ccccc1.[Br-]. The van der Waals surface area contributed by atoms with Crippen molar-refractivity contribution in [1.82, 2.24) is 5.32 Å². The van der Waals surface area contributed by atoms with Crippen LogP contribution < -0.4 is 43.9 Å². The van der Waals surface area contributed by atoms with Crippen molar-refractivity contribution < 1.29 is 31.3 Å². The van der Waals surface area contributed by atoms with E-state index in [1.807, 2.05) is 0 Å². The number of rotatable bonds is 14. The molecule has 1 amide bonds. The molecule has 0 spiro atoms. The van der Waals surface area contributed by atoms with Gasteiger partial charge in [0.15, 0.2) is 0 Å². The second-order valence-corrected chi connectivity index (χ2v) is 12.7. The van der Waals surface area contributed by atoms with E-state index in [4.69, 9.17) is 10.5 Å². The van der Waals surface area contributed by atoms with Crippen molar-refractivity contribution in [3.8, 4) is 0 Å². The number of unbranched alkanes of at least 4 members (excludes halogenated alkanes) is 3. The number of hydrogen-bond acceptors (Lipinski definition) is 5. The summed E-state index contributed by atoms with van der Waals surface area (Å²) in [5.74, 6) is -0.621. The number of halogens is 1. The van der Waals surface area contributed by atoms with Crippen molar-refractivity contribution in [2.45, 2.75) is 31.7 Å². The number of esters is 1. The van der Waals surface area contributed by atoms with Gasteiger partial charge in [-0.3, -0.25) is 9.59 Å². The van der Waals surface area contributed by atoms with Gasteiger partial charge in [0.2, 0.25) is 5.91 Å². The first-order valence-corrected chi connectivity index (χ1v) is 15.0. The first kappa shape index (κ1) is 31.0. The largest absolute Gasteiger partial charge is 1.00 e. The van der Waals surface area contributed by atoms with Crippen molar-refractivity contribution >= 4 is 47.7 Å². The van der Waals surface area contributed by atoms with Gasteiger partial charge in [0.1, 0.15) is 29.7 Å². The average molecular weight is 604 g/mol. The molecule has 0 saturated carbocycles. The second kappa shape index (κ2) is 16.6. The molecular weight excluding hydrogens is 567 g/mol. The first-order valence-electron chi connectivity index (χ1n) is 12.4. The van der Waals surface area contributed by atoms with Crippen molar-refractivity contribution in [2.24, 2.45) is 5.73 Å². The molecule has 3 aromatic rings. The summed E-state index contributed by atoms with van der Waals surface area (Å²) in [6, 6.07) is 32.0. The van der Waals surface area contributed by atoms with E-state index in [-0.39, 0.29) is 29.3 Å². The lowest BCUT2D eigenvalue weighted by Crippen LogP contribution is -3.00. The quantitative estimate of drug-likeness (QED) is 0.108. The Morgan fingerprint density at radius 1 is 0.784 bits per heavy atom. The van der Waals surface area contributed by atoms with Gasteiger partial charge in [0.05, 0.1) is 18.8 Å². The minimum Gasteiger partial charge on any atom is -1.00 e. The number of amides is 1. The van der Waals surface area contributed by atoms with Crippen LogP contribution in [0.1, 0.15) is 25.7 Å². The maximum atomic E-state index is 11.9. The molecule has 0 radical (unpaired) electrons. The molecule has 3 aromatic carbocycles. The topological polar surface area (TPSA) is 81.4 Å². The molecule has 0 saturated heterocycles. The average Bonchev–Trinajstić information content (AvgIpc) is 2.94. The molecule has 0 aliphatic carbocycles. The minimum atomic E-state index is -1.80. The molecule has 3 rings (SSSR count). The Hall–Kier alpha value is -2.18. The third-order valence-electron chi connectivity index (χ3n) is 6.18. The first-order chi connectivity index (χ1) is 17.6. The summed E-state index contributed by atoms with van der Waals surface area (Å²) in [7, 11) is -1.80. The number of ether oxygens (including phenoxy) is 1. The maximum Gasteiger partial charge on any atom is 0.325 e. The Morgan fingerprint density at radius 3 is 1.70 bits per heavy atom. The molecular formula is C29H36BrN2O3PS. The van der Waals surface area contributed by atoms with E-state index in [9.17, 15) is 9.59 Å². The molecule has 3 N–H and O–H groups in total. The van der Waals surface area contributed by atoms with Crippen LogP contribution in [-0.2, 0) is 14.3 Å². The van der Waals surface area contributed by atoms with Crippen LogP contribution in [0.3, 0.4) is 0 Å². The highest BCUT2D eigenvalue weighted by molar-refractivity contribution is 7.95. The molecule has 198 valence electrons. The van der Waals surface area contributed by atoms with Crippen LogP contribution in [0.25, 0.3) is 0 Å². The van der Waals surface area contributed by atoms with E-state index in [1.54, 1.807) is 0 Å². The predicted molar refractivity (Wildman–Crippen MR) is 154 cm³/mol. The van der Waals surface area contributed by atoms with Crippen LogP contribution in [-0.4, -0.2) is 43.0 Å². The fraction of sp³-hybridized carbons (Fsp3) is 0.310. The zero-order valence-corrected chi connectivity index (χ0v) is 24.3. The Kier molecular flexibility index (Phi) is 13.9. The number of benzene rings is 3. The van der Waals surface area contributed by atoms with E-state index >= 15 is 0 Å². The summed E-state index contributed by atoms with van der Waals surface area (Å²) in [4.78, 5) is 23.5. The lowest BCUT2D eigenvalue weighted by molar-refractivity contribution is -0.144. The molecule has 8 heteroatoms. The van der Waals surface area contributed by atoms with Gasteiger partial charge in [-0.25, -0.2) is 0 Å². The molecule has 0 fully saturated rings. The van der Waals surface area contributed by atoms with Crippen molar-refractivity contribution in [3.63, 3.8) is 0 Å². The predicted octanol–water partition coefficient (Wildman–Crippen LogP) is 0.461. The lowest BCUT2D eigenvalue weighted by Gasteiger charge is -2.27. The monoisotopic (exact) mass is 602 g/mol. The Bertz CT molecular complexity index is 978. The molecule has 0 heterocycles. The summed E-state index contributed by atoms with van der Waals surface area (Å²) in [5, 5.41) is 6.67. The van der Waals surface area contributed by atoms with Gasteiger partial charge < -0.3 is 32.8 Å². The molecule has 0 aliphatic heterocycles. The molecule has 0 aromatic heterocycles. The molecule has 0 unspecified atom stereocenters. The fourth-order valence-electron chi connectivity index (χ4n) is 4.30. The minimum absolute atomic E-state index is 0. The zero-order valence-electron chi connectivity index (χ0n) is 21.0. The van der Waals surface area contributed by atoms with E-state index in [1.165, 1.54) is 15.9 Å². The van der Waals surface area contributed by atoms with E-state index < -0.39 is 25.2 Å². The number of nitrogens with two attached hydrogens (primary N) is 1. The van der Waals surface area contributed by atoms with Gasteiger partial charge in [-0.1, -0.05) is 54.6 Å². The van der Waals surface area contributed by atoms with Gasteiger partial charge in [0, 0.05) is 5.75 Å². The standard InChI is InChI=1S/C29H35N2O3PS.BrH/c30-27(23-36)29(33)31-22-28(32)34-20-12-1-2-13-21-35(24-14-6-3-7-15-24,25-16-8-4-9-17-25)26-18-10-5-11-19-26;/h3-11,14-19,27H,1-2,12-13,20-23,30H2,(H-,31,33,36);1H/t27-;/m0./s1. The normalized spacial score (nSPS) is 11.7. The molecule has 0 bridgehead atoms. The zero-order chi connectivity index (χ0) is 25.6. The molecule has 37 heavy (non-hydrogen) atoms. The smallest absolute Gasteiger partial charge is 0.325 e. The van der Waals surface area contributed by atoms with Crippen molar-refractivity contribution in [3.05, 3.63) is 91.0 Å². The van der Waals surface area contributed by atoms with E-state index in [0.29, 0.717) is 6.61 Å². The number of thiol groups is 1. The highest BCUT2D eigenvalue weighted by Gasteiger charge is 2.44. The number of nitrogens with one attached hydrogen (secondary N) is 1. The maximum absolute atomic E-state index is 11.9. The second-order valence-electron chi connectivity index (χ2n) is 8.68. The van der Waals surface area contributed by atoms with E-state index in [2.05, 4.69) is 109 Å². The fourth-order valence-corrected chi connectivity index (χ4v) is 8.87. The number of carbonyl (C=O) groups is 2. The van der Waals surface area contributed by atoms with Gasteiger partial charge in [0.25, 0.3) is 0 Å². The Balaban J connectivity index is 0.00000481. The van der Waals surface area contributed by atoms with Crippen LogP contribution in [0.15, 0.2) is 91.0 Å². The van der Waals surface area contributed by atoms with Crippen LogP contribution in [0.5, 0.6) is 0 Å². The Labute approximate surface area is 237 Å². The molecule has 5 nitrogen and oxygen atoms in total. The number of carbonyl (C=O) groups excluding carboxylic acids is 2. The highest BCUT2D eigenvalue weighted by atomic mass is 79.9. The molecule has 1 atom stereocenters. The van der Waals surface area contributed by atoms with Crippen molar-refractivity contribution in [1.29, 1.82) is 0 Å². The van der Waals surface area contributed by atoms with Gasteiger partial charge in [-0.15, -0.1) is 0 Å². The van der Waals surface area contributed by atoms with Gasteiger partial charge >= 0.3 is 5.97 Å². The van der Waals surface area contributed by atoms with Crippen LogP contribution in [0.4, 0.5) is 0 Å². The van der Waals surface area contributed by atoms with Crippen LogP contribution in [0.2, 0.25) is 0 Å². The third-order valence-corrected chi connectivity index (χ3v) is 11.1. The van der Waals surface area contributed by atoms with Gasteiger partial charge in [-0.05, 0) is 62.1 Å². The van der Waals surface area contributed by atoms with Crippen molar-refractivity contribution in [2.75, 3.05) is 25.1 Å². The Morgan fingerprint density at radius 2 is 1.24 bits per heavy atom. The van der Waals surface area contributed by atoms with E-state index in [0.717, 1.165) is 31.8 Å². The van der Waals surface area contributed by atoms with Crippen LogP contribution in [0, 0.1) is 0 Å². The third kappa shape index (κ3) is 8.96. The van der Waals surface area contributed by atoms with Gasteiger partial charge in [-0.2, -0.15) is 12.6 Å². The summed E-state index contributed by atoms with van der Waals surface area (Å²) in [6.45, 7) is 0.183. The highest BCUT2D eigenvalue weighted by Crippen LogP contribution is 2.55. The number of hydrogen-bond donors (Lipinski definition) is 3. The lowest BCUT2D eigenvalue weighted by atomic mass is 10.2. The van der Waals surface area contributed by atoms with Crippen LogP contribution >= 0.6 is 19.9 Å². The summed E-state index contributed by atoms with van der Waals surface area (Å²) >= 11 is 3.98. The summed E-state index contributed by atoms with van der Waals surface area (Å²) < 4.78 is 5.25. The summed E-state index contributed by atoms with van der Waals surface area (Å²) in [5.41, 5.74) is 5.57.